The number of hydrogen-bond donors (Lipinski definition) is 1. The predicted octanol–water partition coefficient (Wildman–Crippen LogP) is 4.64. The third-order valence-corrected chi connectivity index (χ3v) is 5.01. The molecule has 0 bridgehead atoms. The van der Waals surface area contributed by atoms with Crippen LogP contribution in [0.5, 0.6) is 0 Å². The number of nitrogens with zero attached hydrogens (tertiary/aromatic N) is 1. The van der Waals surface area contributed by atoms with E-state index in [0.29, 0.717) is 18.5 Å². The number of nitrogens with two attached hydrogens (primary N) is 1. The zero-order chi connectivity index (χ0) is 20.7. The Morgan fingerprint density at radius 3 is 2.43 bits per heavy atom. The molecule has 28 heavy (non-hydrogen) atoms. The molecule has 2 N–H and O–H groups in total. The van der Waals surface area contributed by atoms with E-state index in [0.717, 1.165) is 12.0 Å². The van der Waals surface area contributed by atoms with Crippen LogP contribution >= 0.6 is 0 Å². The molecular weight excluding hydrogens is 351 g/mol. The standard InChI is InChI=1S/C22H25FN2O.C2H6/c1-15(2)21-12-16-7-3-4-9-18(16)14-25(21)22(26)13-19(24)11-17-8-5-6-10-20(17)23;1-2/h3-10,19,21H,1,11-14,24H2,2H3;1-2H3/t19?,21-;/m0./s1. The Morgan fingerprint density at radius 1 is 1.18 bits per heavy atom. The molecule has 0 aliphatic carbocycles. The third kappa shape index (κ3) is 5.29. The molecule has 1 amide bonds. The van der Waals surface area contributed by atoms with Gasteiger partial charge in [0.1, 0.15) is 5.82 Å². The number of fused-ring (bicyclic) bond motifs is 1. The van der Waals surface area contributed by atoms with Crippen molar-refractivity contribution in [1.82, 2.24) is 4.90 Å². The van der Waals surface area contributed by atoms with E-state index >= 15 is 0 Å². The minimum atomic E-state index is -0.414. The van der Waals surface area contributed by atoms with Crippen molar-refractivity contribution in [3.8, 4) is 0 Å². The lowest BCUT2D eigenvalue weighted by Crippen LogP contribution is -2.46. The SMILES string of the molecule is C=C(C)[C@@H]1Cc2ccccc2CN1C(=O)CC(N)Cc1ccccc1F.CC. The van der Waals surface area contributed by atoms with Crippen molar-refractivity contribution in [2.75, 3.05) is 0 Å². The molecule has 2 aromatic rings. The minimum Gasteiger partial charge on any atom is -0.331 e. The lowest BCUT2D eigenvalue weighted by atomic mass is 9.90. The summed E-state index contributed by atoms with van der Waals surface area (Å²) in [4.78, 5) is 14.8. The Kier molecular flexibility index (Phi) is 7.94. The average Bonchev–Trinajstić information content (AvgIpc) is 2.70. The summed E-state index contributed by atoms with van der Waals surface area (Å²) >= 11 is 0. The maximum Gasteiger partial charge on any atom is 0.224 e. The molecule has 1 heterocycles. The van der Waals surface area contributed by atoms with Gasteiger partial charge in [0.15, 0.2) is 0 Å². The molecule has 3 rings (SSSR count). The first-order chi connectivity index (χ1) is 13.5. The van der Waals surface area contributed by atoms with Gasteiger partial charge in [-0.2, -0.15) is 0 Å². The van der Waals surface area contributed by atoms with Crippen LogP contribution < -0.4 is 5.73 Å². The largest absolute Gasteiger partial charge is 0.331 e. The van der Waals surface area contributed by atoms with Crippen LogP contribution in [-0.2, 0) is 24.2 Å². The highest BCUT2D eigenvalue weighted by atomic mass is 19.1. The van der Waals surface area contributed by atoms with Crippen molar-refractivity contribution in [2.24, 2.45) is 5.73 Å². The molecule has 2 atom stereocenters. The Labute approximate surface area is 168 Å². The van der Waals surface area contributed by atoms with Gasteiger partial charge in [-0.25, -0.2) is 4.39 Å². The summed E-state index contributed by atoms with van der Waals surface area (Å²) in [5.74, 6) is -0.279. The maximum absolute atomic E-state index is 13.8. The molecule has 150 valence electrons. The van der Waals surface area contributed by atoms with Crippen molar-refractivity contribution in [3.63, 3.8) is 0 Å². The smallest absolute Gasteiger partial charge is 0.224 e. The van der Waals surface area contributed by atoms with Gasteiger partial charge >= 0.3 is 0 Å². The molecule has 1 unspecified atom stereocenters. The highest BCUT2D eigenvalue weighted by Crippen LogP contribution is 2.27. The van der Waals surface area contributed by atoms with Crippen molar-refractivity contribution in [1.29, 1.82) is 0 Å². The van der Waals surface area contributed by atoms with Crippen molar-refractivity contribution in [3.05, 3.63) is 83.2 Å². The second-order valence-corrected chi connectivity index (χ2v) is 7.12. The van der Waals surface area contributed by atoms with Crippen LogP contribution in [0.4, 0.5) is 4.39 Å². The molecular formula is C24H31FN2O. The molecule has 0 saturated carbocycles. The highest BCUT2D eigenvalue weighted by Gasteiger charge is 2.30. The van der Waals surface area contributed by atoms with Crippen LogP contribution in [0.1, 0.15) is 43.9 Å². The summed E-state index contributed by atoms with van der Waals surface area (Å²) in [6.07, 6.45) is 1.32. The molecule has 1 aliphatic rings. The van der Waals surface area contributed by atoms with Crippen LogP contribution in [-0.4, -0.2) is 22.9 Å². The predicted molar refractivity (Wildman–Crippen MR) is 113 cm³/mol. The molecule has 0 radical (unpaired) electrons. The fourth-order valence-corrected chi connectivity index (χ4v) is 3.59. The number of rotatable bonds is 5. The number of carbonyl (C=O) groups is 1. The molecule has 2 aromatic carbocycles. The fraction of sp³-hybridized carbons (Fsp3) is 0.375. The molecule has 3 nitrogen and oxygen atoms in total. The van der Waals surface area contributed by atoms with E-state index in [-0.39, 0.29) is 24.2 Å². The summed E-state index contributed by atoms with van der Waals surface area (Å²) in [7, 11) is 0. The second kappa shape index (κ2) is 10.2. The van der Waals surface area contributed by atoms with Crippen molar-refractivity contribution < 1.29 is 9.18 Å². The van der Waals surface area contributed by atoms with Gasteiger partial charge in [0.25, 0.3) is 0 Å². The Bertz CT molecular complexity index is 818. The average molecular weight is 383 g/mol. The van der Waals surface area contributed by atoms with E-state index in [1.165, 1.54) is 17.2 Å². The number of halogens is 1. The highest BCUT2D eigenvalue weighted by molar-refractivity contribution is 5.78. The van der Waals surface area contributed by atoms with Gasteiger partial charge in [0, 0.05) is 19.0 Å². The zero-order valence-corrected chi connectivity index (χ0v) is 17.1. The van der Waals surface area contributed by atoms with Gasteiger partial charge in [0.2, 0.25) is 5.91 Å². The van der Waals surface area contributed by atoms with E-state index in [2.05, 4.69) is 18.7 Å². The van der Waals surface area contributed by atoms with Gasteiger partial charge in [-0.15, -0.1) is 0 Å². The van der Waals surface area contributed by atoms with Crippen LogP contribution in [0.3, 0.4) is 0 Å². The first-order valence-electron chi connectivity index (χ1n) is 9.96. The summed E-state index contributed by atoms with van der Waals surface area (Å²) in [6.45, 7) is 10.6. The van der Waals surface area contributed by atoms with Crippen LogP contribution in [0.2, 0.25) is 0 Å². The first kappa shape index (κ1) is 21.8. The molecule has 0 spiro atoms. The number of benzene rings is 2. The van der Waals surface area contributed by atoms with Gasteiger partial charge in [-0.05, 0) is 42.5 Å². The Balaban J connectivity index is 0.00000136. The monoisotopic (exact) mass is 382 g/mol. The normalized spacial score (nSPS) is 16.5. The van der Waals surface area contributed by atoms with Gasteiger partial charge in [-0.1, -0.05) is 68.5 Å². The van der Waals surface area contributed by atoms with E-state index in [4.69, 9.17) is 5.73 Å². The second-order valence-electron chi connectivity index (χ2n) is 7.12. The Morgan fingerprint density at radius 2 is 1.79 bits per heavy atom. The topological polar surface area (TPSA) is 46.3 Å². The van der Waals surface area contributed by atoms with Crippen molar-refractivity contribution >= 4 is 5.91 Å². The molecule has 0 saturated heterocycles. The summed E-state index contributed by atoms with van der Waals surface area (Å²) < 4.78 is 13.8. The summed E-state index contributed by atoms with van der Waals surface area (Å²) in [6, 6.07) is 14.3. The minimum absolute atomic E-state index is 0.00339. The van der Waals surface area contributed by atoms with Gasteiger partial charge in [-0.3, -0.25) is 4.79 Å². The Hall–Kier alpha value is -2.46. The van der Waals surface area contributed by atoms with Crippen LogP contribution in [0.15, 0.2) is 60.7 Å². The molecule has 4 heteroatoms. The van der Waals surface area contributed by atoms with E-state index < -0.39 is 6.04 Å². The van der Waals surface area contributed by atoms with E-state index in [1.54, 1.807) is 18.2 Å². The van der Waals surface area contributed by atoms with Gasteiger partial charge < -0.3 is 10.6 Å². The number of carbonyl (C=O) groups excluding carboxylic acids is 1. The molecule has 0 fully saturated rings. The van der Waals surface area contributed by atoms with Crippen LogP contribution in [0.25, 0.3) is 0 Å². The lowest BCUT2D eigenvalue weighted by Gasteiger charge is -2.38. The number of amides is 1. The lowest BCUT2D eigenvalue weighted by molar-refractivity contribution is -0.134. The quantitative estimate of drug-likeness (QED) is 0.766. The maximum atomic E-state index is 13.8. The first-order valence-corrected chi connectivity index (χ1v) is 9.96. The van der Waals surface area contributed by atoms with Crippen molar-refractivity contribution in [2.45, 2.75) is 58.7 Å². The summed E-state index contributed by atoms with van der Waals surface area (Å²) in [5, 5.41) is 0. The summed E-state index contributed by atoms with van der Waals surface area (Å²) in [5.41, 5.74) is 10.1. The molecule has 1 aliphatic heterocycles. The van der Waals surface area contributed by atoms with E-state index in [1.807, 2.05) is 37.8 Å². The fourth-order valence-electron chi connectivity index (χ4n) is 3.59. The van der Waals surface area contributed by atoms with E-state index in [9.17, 15) is 9.18 Å². The van der Waals surface area contributed by atoms with Crippen LogP contribution in [0, 0.1) is 5.82 Å². The zero-order valence-electron chi connectivity index (χ0n) is 17.1. The van der Waals surface area contributed by atoms with Gasteiger partial charge in [0.05, 0.1) is 6.04 Å². The molecule has 0 aromatic heterocycles. The number of hydrogen-bond acceptors (Lipinski definition) is 2. The third-order valence-electron chi connectivity index (χ3n) is 5.01.